The molecule has 0 N–H and O–H groups in total. The van der Waals surface area contributed by atoms with Crippen molar-refractivity contribution in [2.24, 2.45) is 0 Å². The maximum Gasteiger partial charge on any atom is 0.164 e. The molecule has 3 aromatic heterocycles. The first kappa shape index (κ1) is 27.7. The van der Waals surface area contributed by atoms with Gasteiger partial charge in [0.25, 0.3) is 0 Å². The minimum atomic E-state index is 0.589. The van der Waals surface area contributed by atoms with Crippen LogP contribution in [-0.2, 0) is 0 Å². The maximum absolute atomic E-state index is 5.03. The third kappa shape index (κ3) is 4.86. The monoisotopic (exact) mass is 613 g/mol. The molecule has 0 spiro atoms. The van der Waals surface area contributed by atoms with Gasteiger partial charge in [-0.25, -0.2) is 15.0 Å². The minimum Gasteiger partial charge on any atom is -0.265 e. The number of pyridine rings is 2. The van der Waals surface area contributed by atoms with Crippen molar-refractivity contribution in [3.05, 3.63) is 164 Å². The first-order valence-corrected chi connectivity index (χ1v) is 15.9. The van der Waals surface area contributed by atoms with E-state index in [1.807, 2.05) is 30.3 Å². The van der Waals surface area contributed by atoms with Crippen LogP contribution in [0.15, 0.2) is 164 Å². The largest absolute Gasteiger partial charge is 0.265 e. The van der Waals surface area contributed by atoms with E-state index in [0.717, 1.165) is 38.9 Å². The summed E-state index contributed by atoms with van der Waals surface area (Å²) in [5, 5.41) is 7.56. The zero-order valence-electron chi connectivity index (χ0n) is 25.8. The Morgan fingerprint density at radius 2 is 0.729 bits per heavy atom. The van der Waals surface area contributed by atoms with Gasteiger partial charge in [-0.1, -0.05) is 97.1 Å². The van der Waals surface area contributed by atoms with Crippen LogP contribution in [0.25, 0.3) is 88.7 Å². The van der Waals surface area contributed by atoms with Gasteiger partial charge < -0.3 is 0 Å². The summed E-state index contributed by atoms with van der Waals surface area (Å²) >= 11 is 0. The Labute approximate surface area is 277 Å². The lowest BCUT2D eigenvalue weighted by atomic mass is 9.90. The second-order valence-electron chi connectivity index (χ2n) is 11.8. The van der Waals surface area contributed by atoms with E-state index in [0.29, 0.717) is 17.5 Å². The molecule has 48 heavy (non-hydrogen) atoms. The highest BCUT2D eigenvalue weighted by molar-refractivity contribution is 6.25. The fourth-order valence-corrected chi connectivity index (χ4v) is 6.62. The predicted molar refractivity (Wildman–Crippen MR) is 195 cm³/mol. The molecule has 0 unspecified atom stereocenters. The van der Waals surface area contributed by atoms with E-state index in [1.54, 1.807) is 24.8 Å². The molecule has 0 fully saturated rings. The van der Waals surface area contributed by atoms with Gasteiger partial charge in [0.15, 0.2) is 17.5 Å². The zero-order valence-corrected chi connectivity index (χ0v) is 25.8. The van der Waals surface area contributed by atoms with Crippen LogP contribution >= 0.6 is 0 Å². The van der Waals surface area contributed by atoms with Crippen LogP contribution < -0.4 is 0 Å². The molecule has 0 radical (unpaired) electrons. The molecule has 5 heteroatoms. The van der Waals surface area contributed by atoms with Crippen LogP contribution in [0.2, 0.25) is 0 Å². The number of fused-ring (bicyclic) bond motifs is 6. The van der Waals surface area contributed by atoms with Crippen molar-refractivity contribution in [2.75, 3.05) is 0 Å². The fourth-order valence-electron chi connectivity index (χ4n) is 6.62. The molecule has 5 nitrogen and oxygen atoms in total. The third-order valence-electron chi connectivity index (χ3n) is 8.94. The van der Waals surface area contributed by atoms with Gasteiger partial charge >= 0.3 is 0 Å². The molecule has 6 aromatic carbocycles. The summed E-state index contributed by atoms with van der Waals surface area (Å²) in [5.74, 6) is 1.78. The van der Waals surface area contributed by atoms with Crippen molar-refractivity contribution < 1.29 is 0 Å². The smallest absolute Gasteiger partial charge is 0.164 e. The van der Waals surface area contributed by atoms with Gasteiger partial charge in [0.1, 0.15) is 0 Å². The Hall–Kier alpha value is -6.59. The molecule has 0 atom stereocenters. The molecule has 224 valence electrons. The molecule has 9 rings (SSSR count). The van der Waals surface area contributed by atoms with E-state index >= 15 is 0 Å². The van der Waals surface area contributed by atoms with Gasteiger partial charge in [0, 0.05) is 41.5 Å². The van der Waals surface area contributed by atoms with Gasteiger partial charge in [0.05, 0.1) is 0 Å². The van der Waals surface area contributed by atoms with Crippen LogP contribution in [0.4, 0.5) is 0 Å². The predicted octanol–water partition coefficient (Wildman–Crippen LogP) is 10.5. The van der Waals surface area contributed by atoms with Crippen molar-refractivity contribution in [3.63, 3.8) is 0 Å². The normalized spacial score (nSPS) is 11.3. The van der Waals surface area contributed by atoms with Gasteiger partial charge in [-0.05, 0) is 97.0 Å². The molecule has 0 aliphatic heterocycles. The Morgan fingerprint density at radius 1 is 0.271 bits per heavy atom. The molecule has 0 amide bonds. The third-order valence-corrected chi connectivity index (χ3v) is 8.94. The second kappa shape index (κ2) is 11.6. The zero-order chi connectivity index (χ0) is 31.9. The summed E-state index contributed by atoms with van der Waals surface area (Å²) in [6.07, 6.45) is 7.02. The van der Waals surface area contributed by atoms with E-state index in [4.69, 9.17) is 15.0 Å². The number of hydrogen-bond donors (Lipinski definition) is 0. The van der Waals surface area contributed by atoms with Crippen LogP contribution in [0, 0.1) is 0 Å². The summed E-state index contributed by atoms with van der Waals surface area (Å²) in [7, 11) is 0. The summed E-state index contributed by atoms with van der Waals surface area (Å²) < 4.78 is 0. The maximum atomic E-state index is 5.03. The SMILES string of the molecule is c1ccc(-c2cc(-c3ccc4c5ccccc5c5ccccc5c4c3)ccc2-c2nc(-c3ccncc3)nc(-c3ccncc3)n2)cc1. The van der Waals surface area contributed by atoms with Crippen molar-refractivity contribution in [2.45, 2.75) is 0 Å². The van der Waals surface area contributed by atoms with Gasteiger partial charge in [0.2, 0.25) is 0 Å². The van der Waals surface area contributed by atoms with Crippen LogP contribution in [-0.4, -0.2) is 24.9 Å². The van der Waals surface area contributed by atoms with E-state index < -0.39 is 0 Å². The van der Waals surface area contributed by atoms with Gasteiger partial charge in [-0.3, -0.25) is 9.97 Å². The summed E-state index contributed by atoms with van der Waals surface area (Å²) in [4.78, 5) is 23.3. The Kier molecular flexibility index (Phi) is 6.72. The van der Waals surface area contributed by atoms with Gasteiger partial charge in [-0.15, -0.1) is 0 Å². The molecular weight excluding hydrogens is 587 g/mol. The molecule has 9 aromatic rings. The first-order valence-electron chi connectivity index (χ1n) is 15.9. The number of benzene rings is 6. The molecule has 0 aliphatic carbocycles. The second-order valence-corrected chi connectivity index (χ2v) is 11.8. The molecule has 0 bridgehead atoms. The number of hydrogen-bond acceptors (Lipinski definition) is 5. The quantitative estimate of drug-likeness (QED) is 0.181. The van der Waals surface area contributed by atoms with Crippen molar-refractivity contribution in [1.82, 2.24) is 24.9 Å². The molecule has 0 aliphatic rings. The van der Waals surface area contributed by atoms with Crippen LogP contribution in [0.3, 0.4) is 0 Å². The van der Waals surface area contributed by atoms with Crippen LogP contribution in [0.5, 0.6) is 0 Å². The van der Waals surface area contributed by atoms with E-state index in [9.17, 15) is 0 Å². The topological polar surface area (TPSA) is 64.5 Å². The van der Waals surface area contributed by atoms with Gasteiger partial charge in [-0.2, -0.15) is 0 Å². The average Bonchev–Trinajstić information content (AvgIpc) is 3.18. The summed E-state index contributed by atoms with van der Waals surface area (Å²) in [5.41, 5.74) is 7.07. The number of rotatable bonds is 5. The van der Waals surface area contributed by atoms with E-state index in [1.165, 1.54) is 32.3 Å². The van der Waals surface area contributed by atoms with Crippen LogP contribution in [0.1, 0.15) is 0 Å². The molecular formula is C43H27N5. The highest BCUT2D eigenvalue weighted by Crippen LogP contribution is 2.39. The van der Waals surface area contributed by atoms with E-state index in [2.05, 4.69) is 119 Å². The highest BCUT2D eigenvalue weighted by Gasteiger charge is 2.17. The lowest BCUT2D eigenvalue weighted by molar-refractivity contribution is 1.07. The molecule has 0 saturated carbocycles. The standard InChI is InChI=1S/C43H27N5/c1-2-8-28(9-3-1)39-26-31(32-14-16-37-35-12-5-4-10-33(35)34-11-6-7-13-36(34)40(37)27-32)15-17-38(39)43-47-41(29-18-22-44-23-19-29)46-42(48-43)30-20-24-45-25-21-30/h1-27H. The summed E-state index contributed by atoms with van der Waals surface area (Å²) in [6.45, 7) is 0. The van der Waals surface area contributed by atoms with E-state index in [-0.39, 0.29) is 0 Å². The Morgan fingerprint density at radius 3 is 1.31 bits per heavy atom. The summed E-state index contributed by atoms with van der Waals surface area (Å²) in [6, 6.07) is 48.9. The Balaban J connectivity index is 1.26. The molecule has 3 heterocycles. The lowest BCUT2D eigenvalue weighted by Crippen LogP contribution is -2.01. The average molecular weight is 614 g/mol. The molecule has 0 saturated heterocycles. The number of nitrogens with zero attached hydrogens (tertiary/aromatic N) is 5. The Bertz CT molecular complexity index is 2510. The lowest BCUT2D eigenvalue weighted by Gasteiger charge is -2.15. The van der Waals surface area contributed by atoms with Crippen molar-refractivity contribution in [1.29, 1.82) is 0 Å². The number of aromatic nitrogens is 5. The fraction of sp³-hybridized carbons (Fsp3) is 0. The van der Waals surface area contributed by atoms with Crippen molar-refractivity contribution >= 4 is 32.3 Å². The first-order chi connectivity index (χ1) is 23.8. The highest BCUT2D eigenvalue weighted by atomic mass is 15.0. The minimum absolute atomic E-state index is 0.589. The van der Waals surface area contributed by atoms with Crippen molar-refractivity contribution in [3.8, 4) is 56.4 Å².